The largest absolute Gasteiger partial charge is 0.464 e. The molecule has 3 rings (SSSR count). The van der Waals surface area contributed by atoms with Crippen LogP contribution in [0, 0.1) is 0 Å². The van der Waals surface area contributed by atoms with Crippen molar-refractivity contribution in [3.05, 3.63) is 59.0 Å². The van der Waals surface area contributed by atoms with Crippen molar-refractivity contribution < 1.29 is 23.9 Å². The molecule has 0 aliphatic carbocycles. The second-order valence-electron chi connectivity index (χ2n) is 5.84. The number of carbonyl (C=O) groups excluding carboxylic acids is 3. The normalized spacial score (nSPS) is 11.4. The molecule has 1 atom stereocenters. The minimum Gasteiger partial charge on any atom is -0.464 e. The number of benzene rings is 1. The number of thiazole rings is 1. The molecule has 29 heavy (non-hydrogen) atoms. The van der Waals surface area contributed by atoms with Gasteiger partial charge in [0.05, 0.1) is 19.5 Å². The Balaban J connectivity index is 1.87. The molecule has 1 unspecified atom stereocenters. The van der Waals surface area contributed by atoms with Crippen molar-refractivity contribution in [3.8, 4) is 11.6 Å². The van der Waals surface area contributed by atoms with Gasteiger partial charge in [0.1, 0.15) is 12.0 Å². The number of aromatic nitrogens is 3. The summed E-state index contributed by atoms with van der Waals surface area (Å²) in [4.78, 5) is 47.2. The van der Waals surface area contributed by atoms with Gasteiger partial charge in [0, 0.05) is 23.1 Å². The maximum Gasteiger partial charge on any atom is 0.358 e. The van der Waals surface area contributed by atoms with E-state index in [2.05, 4.69) is 25.0 Å². The Hall–Kier alpha value is -3.66. The minimum absolute atomic E-state index is 0.0340. The molecule has 1 amide bonds. The molecule has 0 radical (unpaired) electrons. The maximum atomic E-state index is 12.6. The number of amides is 1. The van der Waals surface area contributed by atoms with Gasteiger partial charge >= 0.3 is 5.97 Å². The number of carbonyl (C=O) groups is 3. The van der Waals surface area contributed by atoms with Crippen molar-refractivity contribution in [1.29, 1.82) is 0 Å². The van der Waals surface area contributed by atoms with Crippen molar-refractivity contribution in [2.24, 2.45) is 0 Å². The number of anilines is 1. The lowest BCUT2D eigenvalue weighted by Crippen LogP contribution is -2.12. The van der Waals surface area contributed by atoms with Crippen LogP contribution in [0.1, 0.15) is 39.3 Å². The Labute approximate surface area is 169 Å². The molecule has 0 aliphatic rings. The van der Waals surface area contributed by atoms with Crippen LogP contribution in [0.4, 0.5) is 5.13 Å². The van der Waals surface area contributed by atoms with Crippen LogP contribution in [0.5, 0.6) is 11.6 Å². The molecular weight excluding hydrogens is 396 g/mol. The van der Waals surface area contributed by atoms with E-state index in [-0.39, 0.29) is 11.6 Å². The van der Waals surface area contributed by atoms with Gasteiger partial charge in [-0.3, -0.25) is 10.1 Å². The van der Waals surface area contributed by atoms with E-state index in [1.807, 2.05) is 0 Å². The average Bonchev–Trinajstić information content (AvgIpc) is 3.25. The summed E-state index contributed by atoms with van der Waals surface area (Å²) in [7, 11) is 1.24. The zero-order chi connectivity index (χ0) is 20.8. The molecule has 2 aromatic heterocycles. The highest BCUT2D eigenvalue weighted by molar-refractivity contribution is 7.13. The Morgan fingerprint density at radius 1 is 1.17 bits per heavy atom. The predicted molar refractivity (Wildman–Crippen MR) is 104 cm³/mol. The quantitative estimate of drug-likeness (QED) is 0.464. The lowest BCUT2D eigenvalue weighted by atomic mass is 9.99. The fourth-order valence-electron chi connectivity index (χ4n) is 2.31. The molecular formula is C19H16N4O5S. The van der Waals surface area contributed by atoms with Crippen molar-refractivity contribution >= 4 is 34.6 Å². The van der Waals surface area contributed by atoms with Gasteiger partial charge < -0.3 is 14.3 Å². The van der Waals surface area contributed by atoms with Gasteiger partial charge in [-0.15, -0.1) is 11.3 Å². The molecule has 0 bridgehead atoms. The topological polar surface area (TPSA) is 120 Å². The third-order valence-electron chi connectivity index (χ3n) is 3.82. The van der Waals surface area contributed by atoms with Crippen LogP contribution in [0.25, 0.3) is 0 Å². The average molecular weight is 412 g/mol. The second-order valence-corrected chi connectivity index (χ2v) is 6.73. The number of hydrogen-bond donors (Lipinski definition) is 1. The first-order valence-electron chi connectivity index (χ1n) is 8.39. The molecule has 0 saturated carbocycles. The van der Waals surface area contributed by atoms with E-state index >= 15 is 0 Å². The Bertz CT molecular complexity index is 1020. The first-order chi connectivity index (χ1) is 14.0. The highest BCUT2D eigenvalue weighted by Crippen LogP contribution is 2.26. The van der Waals surface area contributed by atoms with Gasteiger partial charge in [-0.1, -0.05) is 6.92 Å². The van der Waals surface area contributed by atoms with Gasteiger partial charge in [0.25, 0.3) is 5.91 Å². The predicted octanol–water partition coefficient (Wildman–Crippen LogP) is 3.07. The summed E-state index contributed by atoms with van der Waals surface area (Å²) in [5.41, 5.74) is 0.924. The highest BCUT2D eigenvalue weighted by Gasteiger charge is 2.15. The number of nitrogens with zero attached hydrogens (tertiary/aromatic N) is 3. The number of esters is 1. The second kappa shape index (κ2) is 9.02. The van der Waals surface area contributed by atoms with E-state index in [0.717, 1.165) is 6.29 Å². The number of rotatable bonds is 7. The zero-order valence-electron chi connectivity index (χ0n) is 15.5. The molecule has 1 N–H and O–H groups in total. The van der Waals surface area contributed by atoms with Crippen molar-refractivity contribution in [2.45, 2.75) is 12.8 Å². The lowest BCUT2D eigenvalue weighted by molar-refractivity contribution is -0.108. The summed E-state index contributed by atoms with van der Waals surface area (Å²) in [6, 6.07) is 4.76. The van der Waals surface area contributed by atoms with E-state index < -0.39 is 17.8 Å². The molecule has 3 aromatic rings. The molecule has 10 heteroatoms. The highest BCUT2D eigenvalue weighted by atomic mass is 32.1. The molecule has 148 valence electrons. The van der Waals surface area contributed by atoms with Crippen LogP contribution < -0.4 is 10.1 Å². The van der Waals surface area contributed by atoms with Crippen molar-refractivity contribution in [2.75, 3.05) is 12.4 Å². The van der Waals surface area contributed by atoms with Crippen LogP contribution in [-0.4, -0.2) is 40.2 Å². The van der Waals surface area contributed by atoms with Gasteiger partial charge in [0.2, 0.25) is 5.88 Å². The molecule has 9 nitrogen and oxygen atoms in total. The summed E-state index contributed by atoms with van der Waals surface area (Å²) in [5, 5.41) is 4.88. The third kappa shape index (κ3) is 4.99. The van der Waals surface area contributed by atoms with Crippen LogP contribution in [0.15, 0.2) is 42.2 Å². The first kappa shape index (κ1) is 20.1. The summed E-state index contributed by atoms with van der Waals surface area (Å²) in [5.74, 6) is -1.05. The Morgan fingerprint density at radius 3 is 2.62 bits per heavy atom. The number of nitrogens with one attached hydrogen (secondary N) is 1. The Kier molecular flexibility index (Phi) is 6.25. The number of ether oxygens (including phenoxy) is 2. The van der Waals surface area contributed by atoms with E-state index in [4.69, 9.17) is 4.74 Å². The van der Waals surface area contributed by atoms with E-state index in [1.54, 1.807) is 30.6 Å². The van der Waals surface area contributed by atoms with Gasteiger partial charge in [-0.2, -0.15) is 0 Å². The van der Waals surface area contributed by atoms with E-state index in [0.29, 0.717) is 22.0 Å². The molecule has 1 aromatic carbocycles. The summed E-state index contributed by atoms with van der Waals surface area (Å²) >= 11 is 1.29. The van der Waals surface area contributed by atoms with Crippen LogP contribution in [0.3, 0.4) is 0 Å². The number of hydrogen-bond acceptors (Lipinski definition) is 9. The van der Waals surface area contributed by atoms with Gasteiger partial charge in [-0.25, -0.2) is 19.7 Å². The smallest absolute Gasteiger partial charge is 0.358 e. The zero-order valence-corrected chi connectivity index (χ0v) is 16.3. The van der Waals surface area contributed by atoms with Crippen molar-refractivity contribution in [1.82, 2.24) is 15.0 Å². The van der Waals surface area contributed by atoms with Crippen LogP contribution in [-0.2, 0) is 9.53 Å². The monoisotopic (exact) mass is 412 g/mol. The first-order valence-corrected chi connectivity index (χ1v) is 9.27. The molecule has 0 spiro atoms. The summed E-state index contributed by atoms with van der Waals surface area (Å²) in [6.45, 7) is 1.71. The summed E-state index contributed by atoms with van der Waals surface area (Å²) in [6.07, 6.45) is 4.83. The van der Waals surface area contributed by atoms with Crippen LogP contribution in [0.2, 0.25) is 0 Å². The molecule has 2 heterocycles. The van der Waals surface area contributed by atoms with Crippen LogP contribution >= 0.6 is 11.3 Å². The van der Waals surface area contributed by atoms with Crippen molar-refractivity contribution in [3.63, 3.8) is 0 Å². The fraction of sp³-hybridized carbons (Fsp3) is 0.158. The van der Waals surface area contributed by atoms with E-state index in [9.17, 15) is 14.4 Å². The fourth-order valence-corrected chi connectivity index (χ4v) is 2.83. The standard InChI is InChI=1S/C19H16N4O5S/c1-11(10-24)12-5-13(17(25)23-19-20-3-4-29-19)7-14(6-12)28-16-9-21-15(8-22-16)18(26)27-2/h3-11H,1-2H3,(H,20,23,25). The van der Waals surface area contributed by atoms with E-state index in [1.165, 1.54) is 36.9 Å². The van der Waals surface area contributed by atoms with Gasteiger partial charge in [0.15, 0.2) is 10.8 Å². The molecule has 0 saturated heterocycles. The number of aldehydes is 1. The van der Waals surface area contributed by atoms with Gasteiger partial charge in [-0.05, 0) is 23.8 Å². The Morgan fingerprint density at radius 2 is 2.00 bits per heavy atom. The number of methoxy groups -OCH3 is 1. The maximum absolute atomic E-state index is 12.6. The lowest BCUT2D eigenvalue weighted by Gasteiger charge is -2.12. The molecule has 0 fully saturated rings. The molecule has 0 aliphatic heterocycles. The minimum atomic E-state index is -0.619. The summed E-state index contributed by atoms with van der Waals surface area (Å²) < 4.78 is 10.2. The third-order valence-corrected chi connectivity index (χ3v) is 4.51. The SMILES string of the molecule is COC(=O)c1cnc(Oc2cc(C(=O)Nc3nccs3)cc(C(C)C=O)c2)cn1.